The molecule has 0 fully saturated rings. The van der Waals surface area contributed by atoms with Crippen molar-refractivity contribution >= 4 is 49.8 Å². The lowest BCUT2D eigenvalue weighted by atomic mass is 10.0. The molecule has 0 bridgehead atoms. The second kappa shape index (κ2) is 9.09. The zero-order chi connectivity index (χ0) is 20.1. The van der Waals surface area contributed by atoms with Gasteiger partial charge < -0.3 is 10.1 Å². The summed E-state index contributed by atoms with van der Waals surface area (Å²) in [6.07, 6.45) is 0.651. The van der Waals surface area contributed by atoms with E-state index in [1.807, 2.05) is 13.8 Å². The van der Waals surface area contributed by atoms with Crippen LogP contribution in [-0.2, 0) is 11.2 Å². The molecule has 1 N–H and O–H groups in total. The van der Waals surface area contributed by atoms with Crippen LogP contribution < -0.4 is 5.32 Å². The van der Waals surface area contributed by atoms with Gasteiger partial charge in [0.25, 0.3) is 11.6 Å². The van der Waals surface area contributed by atoms with Gasteiger partial charge in [0.1, 0.15) is 5.00 Å². The summed E-state index contributed by atoms with van der Waals surface area (Å²) in [5, 5.41) is 13.8. The van der Waals surface area contributed by atoms with Crippen molar-refractivity contribution in [3.8, 4) is 0 Å². The number of esters is 1. The standard InChI is InChI=1S/C18H19BrN2O5S/c1-4-26-18(23)14-13(9-10(2)3)15(19)27-17(14)20-16(22)11-5-7-12(8-6-11)21(24)25/h5-8,10H,4,9H2,1-3H3,(H,20,22). The molecule has 0 aliphatic carbocycles. The molecule has 27 heavy (non-hydrogen) atoms. The van der Waals surface area contributed by atoms with E-state index in [0.29, 0.717) is 22.9 Å². The van der Waals surface area contributed by atoms with E-state index in [2.05, 4.69) is 21.2 Å². The van der Waals surface area contributed by atoms with Gasteiger partial charge in [0.05, 0.1) is 20.9 Å². The van der Waals surface area contributed by atoms with Crippen LogP contribution in [0.2, 0.25) is 0 Å². The molecule has 0 saturated heterocycles. The molecule has 2 rings (SSSR count). The van der Waals surface area contributed by atoms with Crippen LogP contribution in [-0.4, -0.2) is 23.4 Å². The summed E-state index contributed by atoms with van der Waals surface area (Å²) in [6, 6.07) is 5.26. The fraction of sp³-hybridized carbons (Fsp3) is 0.333. The third kappa shape index (κ3) is 5.14. The molecule has 7 nitrogen and oxygen atoms in total. The molecule has 0 saturated carbocycles. The molecule has 0 spiro atoms. The van der Waals surface area contributed by atoms with E-state index in [1.165, 1.54) is 35.6 Å². The number of anilines is 1. The average Bonchev–Trinajstić information content (AvgIpc) is 2.89. The highest BCUT2D eigenvalue weighted by atomic mass is 79.9. The molecular weight excluding hydrogens is 436 g/mol. The Hall–Kier alpha value is -2.26. The van der Waals surface area contributed by atoms with E-state index >= 15 is 0 Å². The Morgan fingerprint density at radius 3 is 2.44 bits per heavy atom. The van der Waals surface area contributed by atoms with Crippen molar-refractivity contribution in [3.05, 3.63) is 54.9 Å². The number of nitro benzene ring substituents is 1. The lowest BCUT2D eigenvalue weighted by Gasteiger charge is -2.10. The number of halogens is 1. The highest BCUT2D eigenvalue weighted by molar-refractivity contribution is 9.11. The predicted molar refractivity (Wildman–Crippen MR) is 108 cm³/mol. The molecule has 0 radical (unpaired) electrons. The number of non-ortho nitro benzene ring substituents is 1. The van der Waals surface area contributed by atoms with Crippen LogP contribution >= 0.6 is 27.3 Å². The van der Waals surface area contributed by atoms with Crippen molar-refractivity contribution in [1.82, 2.24) is 0 Å². The predicted octanol–water partition coefficient (Wildman–Crippen LogP) is 5.05. The molecule has 1 aromatic carbocycles. The first kappa shape index (κ1) is 21.0. The number of amides is 1. The van der Waals surface area contributed by atoms with Gasteiger partial charge in [0, 0.05) is 17.7 Å². The van der Waals surface area contributed by atoms with Gasteiger partial charge in [-0.05, 0) is 52.9 Å². The number of nitro groups is 1. The number of carbonyl (C=O) groups is 2. The summed E-state index contributed by atoms with van der Waals surface area (Å²) < 4.78 is 5.92. The first-order chi connectivity index (χ1) is 12.7. The number of thiophene rings is 1. The highest BCUT2D eigenvalue weighted by Crippen LogP contribution is 2.39. The molecule has 0 aliphatic heterocycles. The third-order valence-electron chi connectivity index (χ3n) is 3.62. The lowest BCUT2D eigenvalue weighted by molar-refractivity contribution is -0.384. The van der Waals surface area contributed by atoms with Crippen molar-refractivity contribution < 1.29 is 19.2 Å². The highest BCUT2D eigenvalue weighted by Gasteiger charge is 2.26. The molecule has 1 aromatic heterocycles. The van der Waals surface area contributed by atoms with Crippen LogP contribution in [0.25, 0.3) is 0 Å². The van der Waals surface area contributed by atoms with Crippen LogP contribution in [0, 0.1) is 16.0 Å². The first-order valence-electron chi connectivity index (χ1n) is 8.28. The Bertz CT molecular complexity index is 861. The minimum absolute atomic E-state index is 0.100. The molecule has 1 heterocycles. The van der Waals surface area contributed by atoms with Crippen LogP contribution in [0.3, 0.4) is 0 Å². The van der Waals surface area contributed by atoms with Crippen molar-refractivity contribution in [3.63, 3.8) is 0 Å². The number of hydrogen-bond acceptors (Lipinski definition) is 6. The fourth-order valence-electron chi connectivity index (χ4n) is 2.45. The van der Waals surface area contributed by atoms with E-state index in [1.54, 1.807) is 6.92 Å². The van der Waals surface area contributed by atoms with Crippen LogP contribution in [0.1, 0.15) is 47.1 Å². The quantitative estimate of drug-likeness (QED) is 0.358. The van der Waals surface area contributed by atoms with E-state index in [9.17, 15) is 19.7 Å². The minimum atomic E-state index is -0.533. The van der Waals surface area contributed by atoms with Gasteiger partial charge in [-0.3, -0.25) is 14.9 Å². The molecule has 0 aliphatic rings. The monoisotopic (exact) mass is 454 g/mol. The number of ether oxygens (including phenoxy) is 1. The Labute approximate surface area is 169 Å². The fourth-order valence-corrected chi connectivity index (χ4v) is 4.23. The van der Waals surface area contributed by atoms with Crippen molar-refractivity contribution in [2.75, 3.05) is 11.9 Å². The second-order valence-electron chi connectivity index (χ2n) is 6.13. The minimum Gasteiger partial charge on any atom is -0.462 e. The number of benzene rings is 1. The topological polar surface area (TPSA) is 98.5 Å². The number of rotatable bonds is 7. The Balaban J connectivity index is 2.35. The normalized spacial score (nSPS) is 10.7. The van der Waals surface area contributed by atoms with E-state index in [-0.39, 0.29) is 17.9 Å². The van der Waals surface area contributed by atoms with Crippen molar-refractivity contribution in [2.24, 2.45) is 5.92 Å². The summed E-state index contributed by atoms with van der Waals surface area (Å²) in [6.45, 7) is 6.02. The van der Waals surface area contributed by atoms with E-state index < -0.39 is 16.8 Å². The summed E-state index contributed by atoms with van der Waals surface area (Å²) in [4.78, 5) is 35.2. The zero-order valence-electron chi connectivity index (χ0n) is 15.1. The third-order valence-corrected chi connectivity index (χ3v) is 5.52. The van der Waals surface area contributed by atoms with E-state index in [0.717, 1.165) is 9.35 Å². The van der Waals surface area contributed by atoms with Crippen LogP contribution in [0.15, 0.2) is 28.1 Å². The molecule has 1 amide bonds. The number of nitrogens with one attached hydrogen (secondary N) is 1. The Kier molecular flexibility index (Phi) is 7.09. The second-order valence-corrected chi connectivity index (χ2v) is 8.47. The molecule has 144 valence electrons. The van der Waals surface area contributed by atoms with Crippen LogP contribution in [0.5, 0.6) is 0 Å². The van der Waals surface area contributed by atoms with Gasteiger partial charge >= 0.3 is 5.97 Å². The summed E-state index contributed by atoms with van der Waals surface area (Å²) >= 11 is 4.72. The van der Waals surface area contributed by atoms with Crippen LogP contribution in [0.4, 0.5) is 10.7 Å². The van der Waals surface area contributed by atoms with E-state index in [4.69, 9.17) is 4.74 Å². The first-order valence-corrected chi connectivity index (χ1v) is 9.89. The lowest BCUT2D eigenvalue weighted by Crippen LogP contribution is -2.15. The number of carbonyl (C=O) groups excluding carboxylic acids is 2. The Morgan fingerprint density at radius 2 is 1.93 bits per heavy atom. The largest absolute Gasteiger partial charge is 0.462 e. The maximum absolute atomic E-state index is 12.5. The summed E-state index contributed by atoms with van der Waals surface area (Å²) in [7, 11) is 0. The summed E-state index contributed by atoms with van der Waals surface area (Å²) in [5.41, 5.74) is 1.30. The number of hydrogen-bond donors (Lipinski definition) is 1. The molecule has 9 heteroatoms. The zero-order valence-corrected chi connectivity index (χ0v) is 17.5. The summed E-state index contributed by atoms with van der Waals surface area (Å²) in [5.74, 6) is -0.642. The van der Waals surface area contributed by atoms with Gasteiger partial charge in [-0.15, -0.1) is 11.3 Å². The Morgan fingerprint density at radius 1 is 1.30 bits per heavy atom. The maximum Gasteiger partial charge on any atom is 0.341 e. The SMILES string of the molecule is CCOC(=O)c1c(NC(=O)c2ccc([N+](=O)[O-])cc2)sc(Br)c1CC(C)C. The van der Waals surface area contributed by atoms with Crippen molar-refractivity contribution in [2.45, 2.75) is 27.2 Å². The average molecular weight is 455 g/mol. The number of nitrogens with zero attached hydrogens (tertiary/aromatic N) is 1. The molecule has 0 unspecified atom stereocenters. The van der Waals surface area contributed by atoms with Gasteiger partial charge in [-0.2, -0.15) is 0 Å². The molecular formula is C18H19BrN2O5S. The molecule has 0 atom stereocenters. The van der Waals surface area contributed by atoms with Gasteiger partial charge in [-0.1, -0.05) is 13.8 Å². The maximum atomic E-state index is 12.5. The van der Waals surface area contributed by atoms with Gasteiger partial charge in [-0.25, -0.2) is 4.79 Å². The molecule has 2 aromatic rings. The smallest absolute Gasteiger partial charge is 0.341 e. The van der Waals surface area contributed by atoms with Gasteiger partial charge in [0.2, 0.25) is 0 Å². The van der Waals surface area contributed by atoms with Crippen molar-refractivity contribution in [1.29, 1.82) is 0 Å². The van der Waals surface area contributed by atoms with Gasteiger partial charge in [0.15, 0.2) is 0 Å².